The van der Waals surface area contributed by atoms with Gasteiger partial charge in [-0.3, -0.25) is 9.69 Å². The lowest BCUT2D eigenvalue weighted by atomic mass is 10.0. The first-order chi connectivity index (χ1) is 9.16. The van der Waals surface area contributed by atoms with E-state index in [0.717, 1.165) is 44.3 Å². The molecule has 0 amide bonds. The fourth-order valence-electron chi connectivity index (χ4n) is 2.75. The van der Waals surface area contributed by atoms with Gasteiger partial charge >= 0.3 is 5.97 Å². The molecule has 104 valence electrons. The van der Waals surface area contributed by atoms with Gasteiger partial charge in [-0.25, -0.2) is 4.39 Å². The molecule has 1 aliphatic rings. The van der Waals surface area contributed by atoms with E-state index in [-0.39, 0.29) is 12.2 Å². The summed E-state index contributed by atoms with van der Waals surface area (Å²) in [5.41, 5.74) is 1.16. The normalized spacial score (nSPS) is 19.7. The Morgan fingerprint density at radius 2 is 2.05 bits per heavy atom. The molecule has 1 saturated heterocycles. The highest BCUT2D eigenvalue weighted by Gasteiger charge is 2.25. The molecular weight excluding hydrogens is 245 g/mol. The summed E-state index contributed by atoms with van der Waals surface area (Å²) in [4.78, 5) is 12.8. The molecule has 1 aliphatic heterocycles. The molecule has 1 heterocycles. The van der Waals surface area contributed by atoms with Crippen LogP contribution < -0.4 is 0 Å². The second-order valence-electron chi connectivity index (χ2n) is 5.10. The van der Waals surface area contributed by atoms with Gasteiger partial charge in [0.15, 0.2) is 0 Å². The van der Waals surface area contributed by atoms with Crippen molar-refractivity contribution in [3.05, 3.63) is 35.6 Å². The molecule has 0 aromatic heterocycles. The molecule has 0 saturated carbocycles. The Labute approximate surface area is 113 Å². The van der Waals surface area contributed by atoms with Crippen LogP contribution in [0.15, 0.2) is 24.3 Å². The number of likely N-dealkylation sites (tertiary alicyclic amines) is 1. The molecular formula is C15H20FNO2. The number of carboxylic acids is 1. The van der Waals surface area contributed by atoms with Crippen LogP contribution in [0.5, 0.6) is 0 Å². The molecule has 0 aliphatic carbocycles. The summed E-state index contributed by atoms with van der Waals surface area (Å²) in [5.74, 6) is -0.925. The van der Waals surface area contributed by atoms with Crippen LogP contribution in [-0.2, 0) is 4.79 Å². The zero-order valence-corrected chi connectivity index (χ0v) is 11.0. The van der Waals surface area contributed by atoms with Crippen LogP contribution in [0.2, 0.25) is 0 Å². The van der Waals surface area contributed by atoms with E-state index in [4.69, 9.17) is 5.11 Å². The SMILES string of the molecule is O=C(O)CCCCN1CCCC1c1ccc(F)cc1. The number of carbonyl (C=O) groups is 1. The molecule has 4 heteroatoms. The standard InChI is InChI=1S/C15H20FNO2/c16-13-8-6-12(7-9-13)14-4-3-11-17(14)10-2-1-5-15(18)19/h6-9,14H,1-5,10-11H2,(H,18,19). The quantitative estimate of drug-likeness (QED) is 0.803. The maximum absolute atomic E-state index is 12.9. The van der Waals surface area contributed by atoms with Gasteiger partial charge in [-0.15, -0.1) is 0 Å². The topological polar surface area (TPSA) is 40.5 Å². The second kappa shape index (κ2) is 6.66. The van der Waals surface area contributed by atoms with Gasteiger partial charge in [-0.2, -0.15) is 0 Å². The summed E-state index contributed by atoms with van der Waals surface area (Å²) in [6.45, 7) is 1.98. The molecule has 0 bridgehead atoms. The summed E-state index contributed by atoms with van der Waals surface area (Å²) < 4.78 is 12.9. The minimum Gasteiger partial charge on any atom is -0.481 e. The van der Waals surface area contributed by atoms with Crippen molar-refractivity contribution in [3.8, 4) is 0 Å². The third kappa shape index (κ3) is 4.03. The van der Waals surface area contributed by atoms with E-state index >= 15 is 0 Å². The van der Waals surface area contributed by atoms with Crippen molar-refractivity contribution in [2.75, 3.05) is 13.1 Å². The van der Waals surface area contributed by atoms with Gasteiger partial charge in [0.05, 0.1) is 0 Å². The lowest BCUT2D eigenvalue weighted by Crippen LogP contribution is -2.24. The smallest absolute Gasteiger partial charge is 0.303 e. The number of halogens is 1. The van der Waals surface area contributed by atoms with Crippen molar-refractivity contribution in [2.45, 2.75) is 38.1 Å². The maximum atomic E-state index is 12.9. The number of carboxylic acid groups (broad SMARTS) is 1. The van der Waals surface area contributed by atoms with Crippen LogP contribution in [-0.4, -0.2) is 29.1 Å². The first kappa shape index (κ1) is 14.0. The molecule has 1 unspecified atom stereocenters. The Morgan fingerprint density at radius 3 is 2.74 bits per heavy atom. The number of rotatable bonds is 6. The number of hydrogen-bond acceptors (Lipinski definition) is 2. The minimum atomic E-state index is -0.725. The fraction of sp³-hybridized carbons (Fsp3) is 0.533. The number of aliphatic carboxylic acids is 1. The lowest BCUT2D eigenvalue weighted by molar-refractivity contribution is -0.137. The Morgan fingerprint density at radius 1 is 1.32 bits per heavy atom. The Hall–Kier alpha value is -1.42. The predicted octanol–water partition coefficient (Wildman–Crippen LogP) is 3.22. The first-order valence-corrected chi connectivity index (χ1v) is 6.88. The minimum absolute atomic E-state index is 0.199. The molecule has 1 N–H and O–H groups in total. The van der Waals surface area contributed by atoms with E-state index < -0.39 is 5.97 Å². The van der Waals surface area contributed by atoms with E-state index in [1.165, 1.54) is 12.1 Å². The average molecular weight is 265 g/mol. The number of unbranched alkanes of at least 4 members (excludes halogenated alkanes) is 1. The first-order valence-electron chi connectivity index (χ1n) is 6.88. The van der Waals surface area contributed by atoms with Crippen molar-refractivity contribution < 1.29 is 14.3 Å². The Balaban J connectivity index is 1.86. The summed E-state index contributed by atoms with van der Waals surface area (Å²) in [6.07, 6.45) is 4.13. The van der Waals surface area contributed by atoms with Gasteiger partial charge in [0.2, 0.25) is 0 Å². The van der Waals surface area contributed by atoms with Crippen LogP contribution in [0.4, 0.5) is 4.39 Å². The summed E-state index contributed by atoms with van der Waals surface area (Å²) in [6, 6.07) is 7.10. The Kier molecular flexibility index (Phi) is 4.91. The van der Waals surface area contributed by atoms with Crippen LogP contribution >= 0.6 is 0 Å². The molecule has 1 aromatic rings. The fourth-order valence-corrected chi connectivity index (χ4v) is 2.75. The van der Waals surface area contributed by atoms with Crippen molar-refractivity contribution in [3.63, 3.8) is 0 Å². The van der Waals surface area contributed by atoms with Crippen LogP contribution in [0.25, 0.3) is 0 Å². The highest BCUT2D eigenvalue weighted by atomic mass is 19.1. The zero-order chi connectivity index (χ0) is 13.7. The lowest BCUT2D eigenvalue weighted by Gasteiger charge is -2.24. The van der Waals surface area contributed by atoms with Gasteiger partial charge < -0.3 is 5.11 Å². The Bertz CT molecular complexity index is 419. The van der Waals surface area contributed by atoms with Gasteiger partial charge in [-0.1, -0.05) is 12.1 Å². The number of benzene rings is 1. The largest absolute Gasteiger partial charge is 0.481 e. The van der Waals surface area contributed by atoms with Crippen LogP contribution in [0, 0.1) is 5.82 Å². The van der Waals surface area contributed by atoms with Crippen molar-refractivity contribution in [2.24, 2.45) is 0 Å². The molecule has 19 heavy (non-hydrogen) atoms. The molecule has 0 spiro atoms. The van der Waals surface area contributed by atoms with Gasteiger partial charge in [-0.05, 0) is 56.5 Å². The maximum Gasteiger partial charge on any atom is 0.303 e. The van der Waals surface area contributed by atoms with E-state index in [1.54, 1.807) is 0 Å². The molecule has 1 aromatic carbocycles. The molecule has 1 atom stereocenters. The summed E-state index contributed by atoms with van der Waals surface area (Å²) >= 11 is 0. The zero-order valence-electron chi connectivity index (χ0n) is 11.0. The van der Waals surface area contributed by atoms with E-state index in [1.807, 2.05) is 12.1 Å². The highest BCUT2D eigenvalue weighted by Crippen LogP contribution is 2.32. The summed E-state index contributed by atoms with van der Waals surface area (Å²) in [5, 5.41) is 8.61. The van der Waals surface area contributed by atoms with Gasteiger partial charge in [0.1, 0.15) is 5.82 Å². The monoisotopic (exact) mass is 265 g/mol. The number of hydrogen-bond donors (Lipinski definition) is 1. The van der Waals surface area contributed by atoms with Crippen molar-refractivity contribution in [1.82, 2.24) is 4.90 Å². The van der Waals surface area contributed by atoms with Gasteiger partial charge in [0, 0.05) is 12.5 Å². The molecule has 3 nitrogen and oxygen atoms in total. The molecule has 2 rings (SSSR count). The third-order valence-corrected chi connectivity index (χ3v) is 3.70. The second-order valence-corrected chi connectivity index (χ2v) is 5.10. The highest BCUT2D eigenvalue weighted by molar-refractivity contribution is 5.66. The molecule has 1 fully saturated rings. The molecule has 0 radical (unpaired) electrons. The number of nitrogens with zero attached hydrogens (tertiary/aromatic N) is 1. The van der Waals surface area contributed by atoms with Gasteiger partial charge in [0.25, 0.3) is 0 Å². The van der Waals surface area contributed by atoms with E-state index in [2.05, 4.69) is 4.90 Å². The van der Waals surface area contributed by atoms with E-state index in [0.29, 0.717) is 6.04 Å². The van der Waals surface area contributed by atoms with Crippen LogP contribution in [0.3, 0.4) is 0 Å². The van der Waals surface area contributed by atoms with Crippen LogP contribution in [0.1, 0.15) is 43.7 Å². The third-order valence-electron chi connectivity index (χ3n) is 3.70. The summed E-state index contributed by atoms with van der Waals surface area (Å²) in [7, 11) is 0. The van der Waals surface area contributed by atoms with Crippen molar-refractivity contribution >= 4 is 5.97 Å². The van der Waals surface area contributed by atoms with Crippen molar-refractivity contribution in [1.29, 1.82) is 0 Å². The predicted molar refractivity (Wildman–Crippen MR) is 71.4 cm³/mol. The average Bonchev–Trinajstić information content (AvgIpc) is 2.84. The van der Waals surface area contributed by atoms with E-state index in [9.17, 15) is 9.18 Å².